The third-order valence-electron chi connectivity index (χ3n) is 6.17. The van der Waals surface area contributed by atoms with Gasteiger partial charge in [0.25, 0.3) is 17.5 Å². The van der Waals surface area contributed by atoms with Crippen molar-refractivity contribution in [1.82, 2.24) is 10.6 Å². The molecule has 2 amide bonds. The van der Waals surface area contributed by atoms with E-state index in [0.29, 0.717) is 21.5 Å². The number of carbonyl (C=O) groups is 2. The van der Waals surface area contributed by atoms with Crippen LogP contribution in [-0.4, -0.2) is 23.8 Å². The fraction of sp³-hybridized carbons (Fsp3) is 0.125. The molecular weight excluding hydrogens is 602 g/mol. The number of nitro groups is 1. The van der Waals surface area contributed by atoms with Crippen LogP contribution in [0.1, 0.15) is 22.3 Å². The number of carbonyl (C=O) groups excluding carboxylic acids is 2. The van der Waals surface area contributed by atoms with E-state index in [1.807, 2.05) is 60.7 Å². The number of methoxy groups -OCH3 is 1. The van der Waals surface area contributed by atoms with Crippen molar-refractivity contribution < 1.29 is 24.0 Å². The molecule has 214 valence electrons. The molecule has 10 heteroatoms. The number of benzene rings is 4. The summed E-state index contributed by atoms with van der Waals surface area (Å²) in [4.78, 5) is 37.0. The maximum atomic E-state index is 13.3. The minimum Gasteiger partial charge on any atom is -0.493 e. The lowest BCUT2D eigenvalue weighted by atomic mass is 10.1. The average Bonchev–Trinajstić information content (AvgIpc) is 3.01. The fourth-order valence-corrected chi connectivity index (χ4v) is 4.55. The number of nitrogens with zero attached hydrogens (tertiary/aromatic N) is 1. The van der Waals surface area contributed by atoms with Gasteiger partial charge in [-0.3, -0.25) is 19.7 Å². The van der Waals surface area contributed by atoms with E-state index in [-0.39, 0.29) is 31.0 Å². The van der Waals surface area contributed by atoms with Crippen LogP contribution in [0.2, 0.25) is 0 Å². The predicted octanol–water partition coefficient (Wildman–Crippen LogP) is 5.96. The Morgan fingerprint density at radius 2 is 1.38 bits per heavy atom. The van der Waals surface area contributed by atoms with Gasteiger partial charge >= 0.3 is 0 Å². The molecule has 0 aliphatic carbocycles. The van der Waals surface area contributed by atoms with Crippen LogP contribution in [-0.2, 0) is 29.3 Å². The number of rotatable bonds is 12. The fourth-order valence-electron chi connectivity index (χ4n) is 3.98. The first-order valence-electron chi connectivity index (χ1n) is 12.9. The second-order valence-electron chi connectivity index (χ2n) is 9.14. The molecule has 0 saturated carbocycles. The van der Waals surface area contributed by atoms with E-state index in [0.717, 1.165) is 16.7 Å². The third-order valence-corrected chi connectivity index (χ3v) is 6.76. The van der Waals surface area contributed by atoms with Gasteiger partial charge in [0.1, 0.15) is 12.2 Å². The Morgan fingerprint density at radius 1 is 0.833 bits per heavy atom. The van der Waals surface area contributed by atoms with E-state index < -0.39 is 16.7 Å². The van der Waals surface area contributed by atoms with Gasteiger partial charge in [0.2, 0.25) is 0 Å². The second kappa shape index (κ2) is 14.6. The van der Waals surface area contributed by atoms with Crippen molar-refractivity contribution in [3.63, 3.8) is 0 Å². The van der Waals surface area contributed by atoms with Crippen molar-refractivity contribution in [2.75, 3.05) is 7.11 Å². The summed E-state index contributed by atoms with van der Waals surface area (Å²) in [6.45, 7) is 0.647. The smallest absolute Gasteiger partial charge is 0.269 e. The summed E-state index contributed by atoms with van der Waals surface area (Å²) in [6.07, 6.45) is 1.49. The maximum Gasteiger partial charge on any atom is 0.269 e. The maximum absolute atomic E-state index is 13.3. The standard InChI is InChI=1S/C32H28BrN3O6/c1-41-29-18-25(17-28(33)30(29)42-21-24-12-14-26(15-13-24)36(39)40)16-27(31(37)34-19-22-8-4-2-5-9-22)32(38)35-20-23-10-6-3-7-11-23/h2-18H,19-21H2,1H3,(H,34,37)(H,35,38). The molecule has 0 aliphatic heterocycles. The second-order valence-corrected chi connectivity index (χ2v) is 10.00. The highest BCUT2D eigenvalue weighted by molar-refractivity contribution is 9.10. The quantitative estimate of drug-likeness (QED) is 0.0656. The number of hydrogen-bond donors (Lipinski definition) is 2. The van der Waals surface area contributed by atoms with Crippen LogP contribution in [0.4, 0.5) is 5.69 Å². The van der Waals surface area contributed by atoms with E-state index in [9.17, 15) is 19.7 Å². The Kier molecular flexibility index (Phi) is 10.4. The zero-order valence-corrected chi connectivity index (χ0v) is 24.3. The van der Waals surface area contributed by atoms with Gasteiger partial charge in [-0.15, -0.1) is 0 Å². The molecule has 42 heavy (non-hydrogen) atoms. The number of nitro benzene ring substituents is 1. The molecule has 0 unspecified atom stereocenters. The molecule has 0 radical (unpaired) electrons. The molecule has 0 atom stereocenters. The van der Waals surface area contributed by atoms with E-state index in [1.165, 1.54) is 25.3 Å². The molecule has 0 bridgehead atoms. The van der Waals surface area contributed by atoms with Crippen LogP contribution in [0.25, 0.3) is 6.08 Å². The first kappa shape index (κ1) is 30.0. The zero-order valence-electron chi connectivity index (χ0n) is 22.7. The van der Waals surface area contributed by atoms with Crippen LogP contribution < -0.4 is 20.1 Å². The first-order chi connectivity index (χ1) is 20.3. The SMILES string of the molecule is COc1cc(C=C(C(=O)NCc2ccccc2)C(=O)NCc2ccccc2)cc(Br)c1OCc1ccc([N+](=O)[O-])cc1. The Hall–Kier alpha value is -4.96. The number of hydrogen-bond acceptors (Lipinski definition) is 6. The highest BCUT2D eigenvalue weighted by Crippen LogP contribution is 2.38. The van der Waals surface area contributed by atoms with E-state index in [2.05, 4.69) is 26.6 Å². The van der Waals surface area contributed by atoms with Crippen molar-refractivity contribution >= 4 is 39.5 Å². The highest BCUT2D eigenvalue weighted by Gasteiger charge is 2.20. The summed E-state index contributed by atoms with van der Waals surface area (Å²) >= 11 is 3.51. The van der Waals surface area contributed by atoms with E-state index >= 15 is 0 Å². The van der Waals surface area contributed by atoms with Crippen molar-refractivity contribution in [2.45, 2.75) is 19.7 Å². The Bertz CT molecular complexity index is 1520. The molecule has 9 nitrogen and oxygen atoms in total. The number of amides is 2. The minimum atomic E-state index is -0.530. The zero-order chi connectivity index (χ0) is 29.9. The molecule has 4 aromatic rings. The Morgan fingerprint density at radius 3 is 1.88 bits per heavy atom. The van der Waals surface area contributed by atoms with Gasteiger partial charge < -0.3 is 20.1 Å². The molecular formula is C32H28BrN3O6. The molecule has 0 aliphatic rings. The molecule has 0 aromatic heterocycles. The van der Waals surface area contributed by atoms with Gasteiger partial charge in [-0.1, -0.05) is 60.7 Å². The van der Waals surface area contributed by atoms with Gasteiger partial charge in [0, 0.05) is 25.2 Å². The summed E-state index contributed by atoms with van der Waals surface area (Å²) in [6, 6.07) is 28.2. The van der Waals surface area contributed by atoms with E-state index in [1.54, 1.807) is 24.3 Å². The van der Waals surface area contributed by atoms with Gasteiger partial charge in [-0.25, -0.2) is 0 Å². The van der Waals surface area contributed by atoms with Crippen molar-refractivity contribution in [2.24, 2.45) is 0 Å². The van der Waals surface area contributed by atoms with Crippen molar-refractivity contribution in [3.8, 4) is 11.5 Å². The minimum absolute atomic E-state index is 0.00920. The summed E-state index contributed by atoms with van der Waals surface area (Å²) in [5.74, 6) is -0.293. The molecule has 2 N–H and O–H groups in total. The monoisotopic (exact) mass is 629 g/mol. The van der Waals surface area contributed by atoms with Gasteiger partial charge in [-0.05, 0) is 68.5 Å². The van der Waals surface area contributed by atoms with Crippen LogP contribution >= 0.6 is 15.9 Å². The van der Waals surface area contributed by atoms with Crippen LogP contribution in [0.3, 0.4) is 0 Å². The summed E-state index contributed by atoms with van der Waals surface area (Å²) < 4.78 is 12.0. The summed E-state index contributed by atoms with van der Waals surface area (Å²) in [7, 11) is 1.48. The van der Waals surface area contributed by atoms with Gasteiger partial charge in [-0.2, -0.15) is 0 Å². The number of nitrogens with one attached hydrogen (secondary N) is 2. The molecule has 4 rings (SSSR count). The van der Waals surface area contributed by atoms with Gasteiger partial charge in [0.15, 0.2) is 11.5 Å². The Labute approximate surface area is 251 Å². The number of halogens is 1. The molecule has 0 spiro atoms. The molecule has 0 fully saturated rings. The summed E-state index contributed by atoms with van der Waals surface area (Å²) in [5.41, 5.74) is 2.97. The molecule has 0 saturated heterocycles. The van der Waals surface area contributed by atoms with Crippen LogP contribution in [0, 0.1) is 10.1 Å². The topological polar surface area (TPSA) is 120 Å². The number of non-ortho nitro benzene ring substituents is 1. The van der Waals surface area contributed by atoms with Crippen LogP contribution in [0.5, 0.6) is 11.5 Å². The number of ether oxygens (including phenoxy) is 2. The lowest BCUT2D eigenvalue weighted by Crippen LogP contribution is -2.34. The highest BCUT2D eigenvalue weighted by atomic mass is 79.9. The van der Waals surface area contributed by atoms with Crippen LogP contribution in [0.15, 0.2) is 107 Å². The third kappa shape index (κ3) is 8.28. The largest absolute Gasteiger partial charge is 0.493 e. The predicted molar refractivity (Wildman–Crippen MR) is 163 cm³/mol. The first-order valence-corrected chi connectivity index (χ1v) is 13.7. The average molecular weight is 630 g/mol. The lowest BCUT2D eigenvalue weighted by molar-refractivity contribution is -0.384. The molecule has 4 aromatic carbocycles. The van der Waals surface area contributed by atoms with Gasteiger partial charge in [0.05, 0.1) is 16.5 Å². The normalized spacial score (nSPS) is 10.3. The van der Waals surface area contributed by atoms with Crippen molar-refractivity contribution in [1.29, 1.82) is 0 Å². The Balaban J connectivity index is 1.56. The van der Waals surface area contributed by atoms with Crippen molar-refractivity contribution in [3.05, 3.63) is 139 Å². The molecule has 0 heterocycles. The summed E-state index contributed by atoms with van der Waals surface area (Å²) in [5, 5.41) is 16.6. The van der Waals surface area contributed by atoms with E-state index in [4.69, 9.17) is 9.47 Å². The lowest BCUT2D eigenvalue weighted by Gasteiger charge is -2.15.